The van der Waals surface area contributed by atoms with E-state index in [1.165, 1.54) is 56.7 Å². The Kier molecular flexibility index (Phi) is 4.94. The predicted octanol–water partition coefficient (Wildman–Crippen LogP) is 2.45. The molecule has 0 aromatic heterocycles. The topological polar surface area (TPSA) is 18.5 Å². The second-order valence-electron chi connectivity index (χ2n) is 7.27. The first-order valence-corrected chi connectivity index (χ1v) is 8.89. The normalized spacial score (nSPS) is 42.8. The first-order valence-electron chi connectivity index (χ1n) is 8.48. The molecule has 0 bridgehead atoms. The number of piperidine rings is 4. The van der Waals surface area contributed by atoms with Gasteiger partial charge in [-0.3, -0.25) is 4.90 Å². The third-order valence-electron chi connectivity index (χ3n) is 6.35. The van der Waals surface area contributed by atoms with Crippen molar-refractivity contribution in [1.29, 1.82) is 0 Å². The zero-order valence-electron chi connectivity index (χ0n) is 13.0. The van der Waals surface area contributed by atoms with Gasteiger partial charge >= 0.3 is 0 Å². The van der Waals surface area contributed by atoms with Crippen molar-refractivity contribution in [2.45, 2.75) is 56.7 Å². The van der Waals surface area contributed by atoms with Crippen LogP contribution >= 0.6 is 29.2 Å². The molecule has 1 unspecified atom stereocenters. The molecule has 4 fully saturated rings. The minimum Gasteiger partial charge on any atom is -0.362 e. The largest absolute Gasteiger partial charge is 0.362 e. The SMILES string of the molecule is Br.CNC1CC(=S)N2C[C@@H]3CCCN4CCC[C@@H]([C@H]34)[C@H]2C1. The highest BCUT2D eigenvalue weighted by Gasteiger charge is 2.50. The van der Waals surface area contributed by atoms with Crippen LogP contribution in [0.2, 0.25) is 0 Å². The number of hydrogen-bond acceptors (Lipinski definition) is 3. The van der Waals surface area contributed by atoms with E-state index < -0.39 is 0 Å². The summed E-state index contributed by atoms with van der Waals surface area (Å²) in [6, 6.07) is 2.20. The molecule has 3 nitrogen and oxygen atoms in total. The third kappa shape index (κ3) is 2.68. The van der Waals surface area contributed by atoms with Gasteiger partial charge in [-0.25, -0.2) is 0 Å². The van der Waals surface area contributed by atoms with Gasteiger partial charge in [-0.2, -0.15) is 0 Å². The lowest BCUT2D eigenvalue weighted by Gasteiger charge is -2.60. The molecule has 0 amide bonds. The smallest absolute Gasteiger partial charge is 0.0797 e. The lowest BCUT2D eigenvalue weighted by Crippen LogP contribution is -2.67. The molecule has 5 atom stereocenters. The minimum atomic E-state index is 0. The molecule has 4 heterocycles. The standard InChI is InChI=1S/C16H27N3S.BrH/c1-17-12-8-14-13-5-3-7-18-6-2-4-11(16(13)18)10-19(14)15(20)9-12;/h11-14,16-17H,2-10H2,1H3;1H/t11-,12?,13+,14+,16-;/m0./s1. The van der Waals surface area contributed by atoms with Crippen molar-refractivity contribution in [1.82, 2.24) is 15.1 Å². The molecule has 120 valence electrons. The zero-order chi connectivity index (χ0) is 13.7. The highest BCUT2D eigenvalue weighted by Crippen LogP contribution is 2.44. The van der Waals surface area contributed by atoms with E-state index in [2.05, 4.69) is 22.2 Å². The average Bonchev–Trinajstić information content (AvgIpc) is 2.48. The summed E-state index contributed by atoms with van der Waals surface area (Å²) in [4.78, 5) is 6.71. The summed E-state index contributed by atoms with van der Waals surface area (Å²) in [6.45, 7) is 3.95. The Morgan fingerprint density at radius 1 is 1.19 bits per heavy atom. The van der Waals surface area contributed by atoms with Crippen LogP contribution in [0.1, 0.15) is 38.5 Å². The fourth-order valence-electron chi connectivity index (χ4n) is 5.51. The molecule has 21 heavy (non-hydrogen) atoms. The van der Waals surface area contributed by atoms with Crippen LogP contribution in [-0.4, -0.2) is 59.6 Å². The van der Waals surface area contributed by atoms with E-state index >= 15 is 0 Å². The Hall–Kier alpha value is 0.290. The number of thiocarbonyl (C=S) groups is 1. The Bertz CT molecular complexity index is 403. The van der Waals surface area contributed by atoms with Gasteiger partial charge < -0.3 is 10.2 Å². The summed E-state index contributed by atoms with van der Waals surface area (Å²) >= 11 is 5.76. The monoisotopic (exact) mass is 373 g/mol. The van der Waals surface area contributed by atoms with E-state index in [0.29, 0.717) is 6.04 Å². The van der Waals surface area contributed by atoms with E-state index in [-0.39, 0.29) is 17.0 Å². The lowest BCUT2D eigenvalue weighted by molar-refractivity contribution is -0.0617. The van der Waals surface area contributed by atoms with E-state index in [4.69, 9.17) is 12.2 Å². The van der Waals surface area contributed by atoms with Crippen LogP contribution < -0.4 is 5.32 Å². The Morgan fingerprint density at radius 2 is 1.95 bits per heavy atom. The average molecular weight is 374 g/mol. The van der Waals surface area contributed by atoms with Gasteiger partial charge in [0.1, 0.15) is 0 Å². The molecule has 0 radical (unpaired) electrons. The summed E-state index contributed by atoms with van der Waals surface area (Å²) in [5.41, 5.74) is 0. The number of halogens is 1. The predicted molar refractivity (Wildman–Crippen MR) is 96.3 cm³/mol. The van der Waals surface area contributed by atoms with Crippen molar-refractivity contribution < 1.29 is 0 Å². The lowest BCUT2D eigenvalue weighted by atomic mass is 9.67. The minimum absolute atomic E-state index is 0. The molecule has 0 spiro atoms. The molecular formula is C16H28BrN3S. The molecule has 1 N–H and O–H groups in total. The van der Waals surface area contributed by atoms with E-state index in [1.807, 2.05) is 0 Å². The summed E-state index contributed by atoms with van der Waals surface area (Å²) in [6.07, 6.45) is 8.04. The van der Waals surface area contributed by atoms with Crippen LogP contribution in [0, 0.1) is 11.8 Å². The van der Waals surface area contributed by atoms with Gasteiger partial charge in [-0.1, -0.05) is 12.2 Å². The second kappa shape index (κ2) is 6.42. The summed E-state index contributed by atoms with van der Waals surface area (Å²) in [7, 11) is 2.10. The number of nitrogens with zero attached hydrogens (tertiary/aromatic N) is 2. The van der Waals surface area contributed by atoms with Crippen LogP contribution in [0.25, 0.3) is 0 Å². The maximum atomic E-state index is 5.76. The van der Waals surface area contributed by atoms with Crippen LogP contribution in [0.4, 0.5) is 0 Å². The molecule has 4 rings (SSSR count). The fraction of sp³-hybridized carbons (Fsp3) is 0.938. The number of hydrogen-bond donors (Lipinski definition) is 1. The number of rotatable bonds is 1. The molecule has 4 saturated heterocycles. The molecule has 0 saturated carbocycles. The Labute approximate surface area is 144 Å². The fourth-order valence-corrected chi connectivity index (χ4v) is 5.92. The van der Waals surface area contributed by atoms with Crippen molar-refractivity contribution in [2.75, 3.05) is 26.7 Å². The van der Waals surface area contributed by atoms with Crippen molar-refractivity contribution in [2.24, 2.45) is 11.8 Å². The molecule has 4 aliphatic heterocycles. The summed E-state index contributed by atoms with van der Waals surface area (Å²) in [5, 5.41) is 3.49. The van der Waals surface area contributed by atoms with Crippen molar-refractivity contribution in [3.8, 4) is 0 Å². The van der Waals surface area contributed by atoms with Gasteiger partial charge in [0.25, 0.3) is 0 Å². The van der Waals surface area contributed by atoms with Crippen molar-refractivity contribution in [3.63, 3.8) is 0 Å². The highest BCUT2D eigenvalue weighted by molar-refractivity contribution is 8.93. The maximum absolute atomic E-state index is 5.76. The molecular weight excluding hydrogens is 346 g/mol. The first-order chi connectivity index (χ1) is 9.78. The Balaban J connectivity index is 0.00000132. The number of nitrogens with one attached hydrogen (secondary N) is 1. The van der Waals surface area contributed by atoms with Crippen LogP contribution in [-0.2, 0) is 0 Å². The zero-order valence-corrected chi connectivity index (χ0v) is 15.5. The van der Waals surface area contributed by atoms with Gasteiger partial charge in [-0.15, -0.1) is 17.0 Å². The van der Waals surface area contributed by atoms with Gasteiger partial charge in [0.05, 0.1) is 4.99 Å². The quantitative estimate of drug-likeness (QED) is 0.711. The van der Waals surface area contributed by atoms with Gasteiger partial charge in [0.2, 0.25) is 0 Å². The highest BCUT2D eigenvalue weighted by atomic mass is 79.9. The molecule has 0 aliphatic carbocycles. The molecule has 0 aromatic carbocycles. The maximum Gasteiger partial charge on any atom is 0.0797 e. The molecule has 5 heteroatoms. The van der Waals surface area contributed by atoms with E-state index in [9.17, 15) is 0 Å². The first kappa shape index (κ1) is 16.2. The summed E-state index contributed by atoms with van der Waals surface area (Å²) in [5.74, 6) is 1.76. The van der Waals surface area contributed by atoms with Gasteiger partial charge in [0.15, 0.2) is 0 Å². The van der Waals surface area contributed by atoms with Crippen molar-refractivity contribution in [3.05, 3.63) is 0 Å². The van der Waals surface area contributed by atoms with E-state index in [1.54, 1.807) is 0 Å². The second-order valence-corrected chi connectivity index (χ2v) is 7.75. The van der Waals surface area contributed by atoms with Crippen molar-refractivity contribution >= 4 is 34.2 Å². The molecule has 4 aliphatic rings. The van der Waals surface area contributed by atoms with Crippen LogP contribution in [0.3, 0.4) is 0 Å². The van der Waals surface area contributed by atoms with Crippen LogP contribution in [0.15, 0.2) is 0 Å². The van der Waals surface area contributed by atoms with Crippen LogP contribution in [0.5, 0.6) is 0 Å². The summed E-state index contributed by atoms with van der Waals surface area (Å²) < 4.78 is 0. The Morgan fingerprint density at radius 3 is 2.71 bits per heavy atom. The third-order valence-corrected chi connectivity index (χ3v) is 6.75. The number of fused-ring (bicyclic) bond motifs is 2. The van der Waals surface area contributed by atoms with E-state index in [0.717, 1.165) is 30.3 Å². The molecule has 0 aromatic rings. The van der Waals surface area contributed by atoms with Gasteiger partial charge in [-0.05, 0) is 64.1 Å². The van der Waals surface area contributed by atoms with Gasteiger partial charge in [0, 0.05) is 31.1 Å².